The molecule has 0 aliphatic carbocycles. The molecule has 0 radical (unpaired) electrons. The van der Waals surface area contributed by atoms with Gasteiger partial charge in [-0.2, -0.15) is 0 Å². The summed E-state index contributed by atoms with van der Waals surface area (Å²) in [6, 6.07) is 8.82. The SMILES string of the molecule is COCC(C)Nc1nccc(-c2cccc(-c3cc(C4(O)CCN(C)C4=O)on3)n2)n1. The van der Waals surface area contributed by atoms with E-state index >= 15 is 0 Å². The van der Waals surface area contributed by atoms with Crippen molar-refractivity contribution in [1.29, 1.82) is 0 Å². The van der Waals surface area contributed by atoms with Gasteiger partial charge in [0.2, 0.25) is 11.5 Å². The van der Waals surface area contributed by atoms with Crippen molar-refractivity contribution < 1.29 is 19.2 Å². The van der Waals surface area contributed by atoms with Gasteiger partial charge in [-0.1, -0.05) is 11.2 Å². The number of aliphatic hydroxyl groups is 1. The lowest BCUT2D eigenvalue weighted by Gasteiger charge is -2.16. The van der Waals surface area contributed by atoms with Gasteiger partial charge in [-0.25, -0.2) is 15.0 Å². The molecule has 2 atom stereocenters. The van der Waals surface area contributed by atoms with Gasteiger partial charge >= 0.3 is 0 Å². The molecule has 10 nitrogen and oxygen atoms in total. The van der Waals surface area contributed by atoms with E-state index in [0.29, 0.717) is 41.9 Å². The van der Waals surface area contributed by atoms with Gasteiger partial charge < -0.3 is 24.6 Å². The second kappa shape index (κ2) is 8.40. The van der Waals surface area contributed by atoms with E-state index in [-0.39, 0.29) is 18.2 Å². The van der Waals surface area contributed by atoms with E-state index in [1.807, 2.05) is 19.1 Å². The maximum absolute atomic E-state index is 12.3. The first-order valence-corrected chi connectivity index (χ1v) is 9.92. The molecule has 1 aliphatic heterocycles. The molecule has 1 saturated heterocycles. The predicted octanol–water partition coefficient (Wildman–Crippen LogP) is 1.69. The van der Waals surface area contributed by atoms with Crippen LogP contribution in [0.3, 0.4) is 0 Å². The van der Waals surface area contributed by atoms with Crippen molar-refractivity contribution >= 4 is 11.9 Å². The lowest BCUT2D eigenvalue weighted by atomic mass is 9.98. The minimum atomic E-state index is -1.69. The summed E-state index contributed by atoms with van der Waals surface area (Å²) in [7, 11) is 3.28. The lowest BCUT2D eigenvalue weighted by molar-refractivity contribution is -0.144. The monoisotopic (exact) mass is 424 g/mol. The minimum Gasteiger partial charge on any atom is -0.383 e. The van der Waals surface area contributed by atoms with Gasteiger partial charge in [0.05, 0.1) is 23.7 Å². The highest BCUT2D eigenvalue weighted by atomic mass is 16.5. The van der Waals surface area contributed by atoms with Crippen molar-refractivity contribution in [3.63, 3.8) is 0 Å². The number of ether oxygens (including phenoxy) is 1. The Kier molecular flexibility index (Phi) is 5.66. The Hall–Kier alpha value is -3.37. The number of hydrogen-bond donors (Lipinski definition) is 2. The second-order valence-electron chi connectivity index (χ2n) is 7.59. The molecule has 0 saturated carbocycles. The summed E-state index contributed by atoms with van der Waals surface area (Å²) in [6.45, 7) is 2.95. The Morgan fingerprint density at radius 2 is 2.00 bits per heavy atom. The second-order valence-corrected chi connectivity index (χ2v) is 7.59. The van der Waals surface area contributed by atoms with Crippen LogP contribution in [0.4, 0.5) is 5.95 Å². The predicted molar refractivity (Wildman–Crippen MR) is 112 cm³/mol. The van der Waals surface area contributed by atoms with Crippen molar-refractivity contribution in [3.05, 3.63) is 42.3 Å². The Morgan fingerprint density at radius 1 is 1.26 bits per heavy atom. The zero-order valence-electron chi connectivity index (χ0n) is 17.6. The van der Waals surface area contributed by atoms with E-state index in [0.717, 1.165) is 0 Å². The molecule has 3 aromatic heterocycles. The number of likely N-dealkylation sites (N-methyl/N-ethyl adjacent to an activating group) is 1. The van der Waals surface area contributed by atoms with E-state index in [1.54, 1.807) is 38.6 Å². The van der Waals surface area contributed by atoms with Crippen molar-refractivity contribution in [2.75, 3.05) is 32.6 Å². The topological polar surface area (TPSA) is 126 Å². The number of pyridine rings is 1. The average Bonchev–Trinajstić information content (AvgIpc) is 3.37. The third-order valence-electron chi connectivity index (χ3n) is 5.15. The van der Waals surface area contributed by atoms with Crippen molar-refractivity contribution in [3.8, 4) is 22.8 Å². The standard InChI is InChI=1S/C21H24N6O4/c1-13(12-30-3)23-20-22-9-7-16(25-20)14-5-4-6-15(24-14)17-11-18(31-26-17)21(29)8-10-27(2)19(21)28/h4-7,9,11,13,29H,8,10,12H2,1-3H3,(H,22,23,25). The van der Waals surface area contributed by atoms with Crippen LogP contribution in [-0.2, 0) is 15.1 Å². The van der Waals surface area contributed by atoms with Crippen LogP contribution in [0.15, 0.2) is 41.1 Å². The first-order chi connectivity index (χ1) is 14.9. The molecule has 1 fully saturated rings. The van der Waals surface area contributed by atoms with Crippen LogP contribution in [0, 0.1) is 0 Å². The van der Waals surface area contributed by atoms with Gasteiger partial charge in [0.1, 0.15) is 5.69 Å². The van der Waals surface area contributed by atoms with Gasteiger partial charge in [0.15, 0.2) is 5.76 Å². The molecular formula is C21H24N6O4. The Bertz CT molecular complexity index is 1090. The summed E-state index contributed by atoms with van der Waals surface area (Å²) in [5.74, 6) is 0.189. The maximum atomic E-state index is 12.3. The summed E-state index contributed by atoms with van der Waals surface area (Å²) in [5, 5.41) is 18.0. The summed E-state index contributed by atoms with van der Waals surface area (Å²) < 4.78 is 10.4. The van der Waals surface area contributed by atoms with Crippen LogP contribution in [0.1, 0.15) is 19.1 Å². The van der Waals surface area contributed by atoms with Crippen LogP contribution in [0.5, 0.6) is 0 Å². The average molecular weight is 424 g/mol. The highest BCUT2D eigenvalue weighted by molar-refractivity contribution is 5.87. The molecule has 162 valence electrons. The molecule has 10 heteroatoms. The summed E-state index contributed by atoms with van der Waals surface area (Å²) in [5.41, 5.74) is 0.537. The molecule has 31 heavy (non-hydrogen) atoms. The Balaban J connectivity index is 1.59. The molecule has 1 aliphatic rings. The van der Waals surface area contributed by atoms with Gasteiger partial charge in [0, 0.05) is 45.4 Å². The van der Waals surface area contributed by atoms with E-state index in [2.05, 4.69) is 25.4 Å². The zero-order valence-corrected chi connectivity index (χ0v) is 17.6. The number of aromatic nitrogens is 4. The van der Waals surface area contributed by atoms with Gasteiger partial charge in [0.25, 0.3) is 5.91 Å². The molecule has 4 heterocycles. The normalized spacial score (nSPS) is 19.6. The van der Waals surface area contributed by atoms with Crippen LogP contribution >= 0.6 is 0 Å². The van der Waals surface area contributed by atoms with E-state index in [4.69, 9.17) is 9.26 Å². The molecule has 0 spiro atoms. The fourth-order valence-corrected chi connectivity index (χ4v) is 3.48. The Morgan fingerprint density at radius 3 is 2.71 bits per heavy atom. The molecule has 2 N–H and O–H groups in total. The van der Waals surface area contributed by atoms with Crippen LogP contribution < -0.4 is 5.32 Å². The highest BCUT2D eigenvalue weighted by Crippen LogP contribution is 2.34. The summed E-state index contributed by atoms with van der Waals surface area (Å²) in [6.07, 6.45) is 1.91. The fourth-order valence-electron chi connectivity index (χ4n) is 3.48. The van der Waals surface area contributed by atoms with Crippen LogP contribution in [0.2, 0.25) is 0 Å². The third kappa shape index (κ3) is 4.12. The van der Waals surface area contributed by atoms with Crippen molar-refractivity contribution in [1.82, 2.24) is 25.0 Å². The molecule has 0 aromatic carbocycles. The minimum absolute atomic E-state index is 0.0521. The lowest BCUT2D eigenvalue weighted by Crippen LogP contribution is -2.35. The number of likely N-dealkylation sites (tertiary alicyclic amines) is 1. The largest absolute Gasteiger partial charge is 0.383 e. The number of nitrogens with one attached hydrogen (secondary N) is 1. The molecule has 2 unspecified atom stereocenters. The zero-order chi connectivity index (χ0) is 22.0. The molecule has 4 rings (SSSR count). The van der Waals surface area contributed by atoms with Crippen LogP contribution in [-0.4, -0.2) is 69.4 Å². The van der Waals surface area contributed by atoms with E-state index < -0.39 is 11.5 Å². The van der Waals surface area contributed by atoms with Gasteiger partial charge in [-0.15, -0.1) is 0 Å². The molecular weight excluding hydrogens is 400 g/mol. The van der Waals surface area contributed by atoms with Gasteiger partial charge in [-0.05, 0) is 25.1 Å². The fraction of sp³-hybridized carbons (Fsp3) is 0.381. The summed E-state index contributed by atoms with van der Waals surface area (Å²) >= 11 is 0. The first kappa shape index (κ1) is 20.9. The molecule has 0 bridgehead atoms. The maximum Gasteiger partial charge on any atom is 0.262 e. The van der Waals surface area contributed by atoms with Gasteiger partial charge in [-0.3, -0.25) is 4.79 Å². The Labute approximate surface area is 179 Å². The highest BCUT2D eigenvalue weighted by Gasteiger charge is 2.48. The van der Waals surface area contributed by atoms with Crippen molar-refractivity contribution in [2.45, 2.75) is 25.0 Å². The van der Waals surface area contributed by atoms with Crippen molar-refractivity contribution in [2.24, 2.45) is 0 Å². The number of rotatable bonds is 7. The number of hydrogen-bond acceptors (Lipinski definition) is 9. The van der Waals surface area contributed by atoms with E-state index in [1.165, 1.54) is 4.90 Å². The third-order valence-corrected chi connectivity index (χ3v) is 5.15. The number of nitrogens with zero attached hydrogens (tertiary/aromatic N) is 5. The van der Waals surface area contributed by atoms with Crippen LogP contribution in [0.25, 0.3) is 22.8 Å². The molecule has 1 amide bonds. The first-order valence-electron chi connectivity index (χ1n) is 9.92. The quantitative estimate of drug-likeness (QED) is 0.582. The molecule has 3 aromatic rings. The number of amides is 1. The smallest absolute Gasteiger partial charge is 0.262 e. The number of anilines is 1. The number of carbonyl (C=O) groups is 1. The number of methoxy groups -OCH3 is 1. The summed E-state index contributed by atoms with van der Waals surface area (Å²) in [4.78, 5) is 27.2. The number of carbonyl (C=O) groups excluding carboxylic acids is 1. The van der Waals surface area contributed by atoms with E-state index in [9.17, 15) is 9.90 Å².